The summed E-state index contributed by atoms with van der Waals surface area (Å²) in [6.07, 6.45) is 2.49. The monoisotopic (exact) mass is 256 g/mol. The lowest BCUT2D eigenvalue weighted by molar-refractivity contribution is 0.386. The van der Waals surface area contributed by atoms with Gasteiger partial charge in [-0.15, -0.1) is 0 Å². The summed E-state index contributed by atoms with van der Waals surface area (Å²) >= 11 is 0. The zero-order valence-electron chi connectivity index (χ0n) is 11.2. The van der Waals surface area contributed by atoms with E-state index in [1.54, 1.807) is 6.07 Å². The van der Waals surface area contributed by atoms with E-state index in [-0.39, 0.29) is 11.6 Å². The van der Waals surface area contributed by atoms with E-state index in [1.165, 1.54) is 31.6 Å². The van der Waals surface area contributed by atoms with Crippen LogP contribution >= 0.6 is 0 Å². The Morgan fingerprint density at radius 3 is 2.42 bits per heavy atom. The number of hydrogen-bond acceptors (Lipinski definition) is 1. The molecular formula is C17H17FO. The average Bonchev–Trinajstić information content (AvgIpc) is 3.18. The first-order valence-corrected chi connectivity index (χ1v) is 6.57. The van der Waals surface area contributed by atoms with Gasteiger partial charge in [-0.25, -0.2) is 4.39 Å². The molecule has 1 nitrogen and oxygen atoms in total. The van der Waals surface area contributed by atoms with Gasteiger partial charge in [-0.3, -0.25) is 0 Å². The van der Waals surface area contributed by atoms with Gasteiger partial charge in [-0.05, 0) is 47.1 Å². The molecule has 0 N–H and O–H groups in total. The Balaban J connectivity index is 2.00. The zero-order chi connectivity index (χ0) is 13.5. The van der Waals surface area contributed by atoms with E-state index in [9.17, 15) is 4.39 Å². The van der Waals surface area contributed by atoms with Crippen molar-refractivity contribution in [1.29, 1.82) is 0 Å². The number of ether oxygens (including phenoxy) is 1. The molecule has 1 aliphatic carbocycles. The molecule has 0 atom stereocenters. The van der Waals surface area contributed by atoms with Crippen molar-refractivity contribution in [2.45, 2.75) is 25.2 Å². The minimum Gasteiger partial charge on any atom is -0.494 e. The molecule has 0 radical (unpaired) electrons. The van der Waals surface area contributed by atoms with Gasteiger partial charge < -0.3 is 4.74 Å². The summed E-state index contributed by atoms with van der Waals surface area (Å²) in [5.41, 5.74) is 3.64. The molecule has 2 aromatic rings. The molecule has 0 saturated heterocycles. The smallest absolute Gasteiger partial charge is 0.165 e. The van der Waals surface area contributed by atoms with E-state index in [0.29, 0.717) is 5.41 Å². The summed E-state index contributed by atoms with van der Waals surface area (Å²) in [6, 6.07) is 13.5. The second-order valence-corrected chi connectivity index (χ2v) is 5.49. The van der Waals surface area contributed by atoms with Crippen LogP contribution in [0.2, 0.25) is 0 Å². The van der Waals surface area contributed by atoms with Crippen molar-refractivity contribution < 1.29 is 9.13 Å². The molecule has 0 unspecified atom stereocenters. The molecule has 1 aliphatic rings. The maximum atomic E-state index is 13.8. The highest BCUT2D eigenvalue weighted by Gasteiger charge is 2.38. The summed E-state index contributed by atoms with van der Waals surface area (Å²) in [4.78, 5) is 0. The van der Waals surface area contributed by atoms with E-state index < -0.39 is 0 Å². The van der Waals surface area contributed by atoms with Gasteiger partial charge in [0.05, 0.1) is 7.11 Å². The SMILES string of the molecule is COc1ccc(-c2cccc(C3(C)CC3)c2)cc1F. The normalized spacial score (nSPS) is 16.2. The second kappa shape index (κ2) is 4.37. The first kappa shape index (κ1) is 12.2. The Labute approximate surface area is 113 Å². The fraction of sp³-hybridized carbons (Fsp3) is 0.294. The number of hydrogen-bond donors (Lipinski definition) is 0. The quantitative estimate of drug-likeness (QED) is 0.782. The molecule has 2 aromatic carbocycles. The summed E-state index contributed by atoms with van der Waals surface area (Å²) in [6.45, 7) is 2.28. The first-order chi connectivity index (χ1) is 9.12. The molecule has 2 heteroatoms. The van der Waals surface area contributed by atoms with Crippen LogP contribution in [0.4, 0.5) is 4.39 Å². The predicted octanol–water partition coefficient (Wildman–Crippen LogP) is 4.55. The Hall–Kier alpha value is -1.83. The molecule has 0 aliphatic heterocycles. The highest BCUT2D eigenvalue weighted by atomic mass is 19.1. The molecule has 0 bridgehead atoms. The Kier molecular flexibility index (Phi) is 2.81. The molecule has 0 heterocycles. The van der Waals surface area contributed by atoms with Crippen molar-refractivity contribution in [2.75, 3.05) is 7.11 Å². The third-order valence-electron chi connectivity index (χ3n) is 4.04. The molecule has 3 rings (SSSR count). The predicted molar refractivity (Wildman–Crippen MR) is 75.0 cm³/mol. The summed E-state index contributed by atoms with van der Waals surface area (Å²) in [7, 11) is 1.48. The van der Waals surface area contributed by atoms with Crippen LogP contribution in [0.5, 0.6) is 5.75 Å². The summed E-state index contributed by atoms with van der Waals surface area (Å²) in [5.74, 6) is -0.0305. The summed E-state index contributed by atoms with van der Waals surface area (Å²) in [5, 5.41) is 0. The minimum atomic E-state index is -0.317. The van der Waals surface area contributed by atoms with Gasteiger partial charge >= 0.3 is 0 Å². The largest absolute Gasteiger partial charge is 0.494 e. The Morgan fingerprint density at radius 2 is 1.79 bits per heavy atom. The van der Waals surface area contributed by atoms with Crippen molar-refractivity contribution in [3.05, 3.63) is 53.8 Å². The van der Waals surface area contributed by atoms with E-state index in [0.717, 1.165) is 11.1 Å². The third kappa shape index (κ3) is 2.23. The van der Waals surface area contributed by atoms with Gasteiger partial charge in [-0.2, -0.15) is 0 Å². The van der Waals surface area contributed by atoms with Gasteiger partial charge in [0.1, 0.15) is 0 Å². The number of rotatable bonds is 3. The van der Waals surface area contributed by atoms with Crippen LogP contribution < -0.4 is 4.74 Å². The van der Waals surface area contributed by atoms with Crippen LogP contribution in [-0.4, -0.2) is 7.11 Å². The molecule has 19 heavy (non-hydrogen) atoms. The lowest BCUT2D eigenvalue weighted by Crippen LogP contribution is -1.99. The van der Waals surface area contributed by atoms with Crippen LogP contribution in [0, 0.1) is 5.82 Å². The third-order valence-corrected chi connectivity index (χ3v) is 4.04. The number of methoxy groups -OCH3 is 1. The number of halogens is 1. The van der Waals surface area contributed by atoms with Crippen LogP contribution in [0.15, 0.2) is 42.5 Å². The molecule has 0 aromatic heterocycles. The topological polar surface area (TPSA) is 9.23 Å². The molecule has 98 valence electrons. The van der Waals surface area contributed by atoms with Crippen LogP contribution in [0.3, 0.4) is 0 Å². The van der Waals surface area contributed by atoms with Crippen molar-refractivity contribution in [3.8, 4) is 16.9 Å². The molecular weight excluding hydrogens is 239 g/mol. The van der Waals surface area contributed by atoms with E-state index in [2.05, 4.69) is 25.1 Å². The fourth-order valence-electron chi connectivity index (χ4n) is 2.40. The standard InChI is InChI=1S/C17H17FO/c1-17(8-9-17)14-5-3-4-12(10-14)13-6-7-16(19-2)15(18)11-13/h3-7,10-11H,8-9H2,1-2H3. The molecule has 0 amide bonds. The highest BCUT2D eigenvalue weighted by Crippen LogP contribution is 2.48. The Bertz CT molecular complexity index is 614. The fourth-order valence-corrected chi connectivity index (χ4v) is 2.40. The van der Waals surface area contributed by atoms with Gasteiger partial charge in [0.2, 0.25) is 0 Å². The van der Waals surface area contributed by atoms with Crippen molar-refractivity contribution in [2.24, 2.45) is 0 Å². The van der Waals surface area contributed by atoms with Gasteiger partial charge in [-0.1, -0.05) is 37.3 Å². The van der Waals surface area contributed by atoms with Crippen LogP contribution in [0.25, 0.3) is 11.1 Å². The number of benzene rings is 2. The molecule has 1 saturated carbocycles. The molecule has 1 fully saturated rings. The second-order valence-electron chi connectivity index (χ2n) is 5.49. The zero-order valence-corrected chi connectivity index (χ0v) is 11.2. The van der Waals surface area contributed by atoms with Crippen molar-refractivity contribution in [1.82, 2.24) is 0 Å². The van der Waals surface area contributed by atoms with E-state index >= 15 is 0 Å². The van der Waals surface area contributed by atoms with Crippen molar-refractivity contribution >= 4 is 0 Å². The summed E-state index contributed by atoms with van der Waals surface area (Å²) < 4.78 is 18.7. The first-order valence-electron chi connectivity index (χ1n) is 6.57. The van der Waals surface area contributed by atoms with Crippen LogP contribution in [0.1, 0.15) is 25.3 Å². The van der Waals surface area contributed by atoms with Gasteiger partial charge in [0.15, 0.2) is 11.6 Å². The van der Waals surface area contributed by atoms with Crippen LogP contribution in [-0.2, 0) is 5.41 Å². The van der Waals surface area contributed by atoms with E-state index in [1.807, 2.05) is 12.1 Å². The van der Waals surface area contributed by atoms with Crippen molar-refractivity contribution in [3.63, 3.8) is 0 Å². The van der Waals surface area contributed by atoms with E-state index in [4.69, 9.17) is 4.74 Å². The van der Waals surface area contributed by atoms with Gasteiger partial charge in [0, 0.05) is 0 Å². The maximum Gasteiger partial charge on any atom is 0.165 e. The molecule has 0 spiro atoms. The maximum absolute atomic E-state index is 13.8. The lowest BCUT2D eigenvalue weighted by Gasteiger charge is -2.11. The van der Waals surface area contributed by atoms with Gasteiger partial charge in [0.25, 0.3) is 0 Å². The highest BCUT2D eigenvalue weighted by molar-refractivity contribution is 5.65. The minimum absolute atomic E-state index is 0.286. The average molecular weight is 256 g/mol. The Morgan fingerprint density at radius 1 is 1.05 bits per heavy atom. The lowest BCUT2D eigenvalue weighted by atomic mass is 9.94.